The number of hydrogen-bond acceptors (Lipinski definition) is 6. The van der Waals surface area contributed by atoms with Crippen LogP contribution in [0, 0.1) is 0 Å². The maximum atomic E-state index is 13.6. The molecule has 3 aromatic rings. The lowest BCUT2D eigenvalue weighted by molar-refractivity contribution is -0.140. The summed E-state index contributed by atoms with van der Waals surface area (Å²) in [6, 6.07) is 23.3. The van der Waals surface area contributed by atoms with E-state index in [4.69, 9.17) is 10.5 Å². The van der Waals surface area contributed by atoms with Crippen LogP contribution in [0.3, 0.4) is 0 Å². The first-order chi connectivity index (χ1) is 19.3. The molecule has 2 atom stereocenters. The quantitative estimate of drug-likeness (QED) is 0.243. The molecule has 1 aliphatic carbocycles. The van der Waals surface area contributed by atoms with E-state index in [2.05, 4.69) is 16.0 Å². The van der Waals surface area contributed by atoms with Crippen LogP contribution in [-0.2, 0) is 38.6 Å². The van der Waals surface area contributed by atoms with Gasteiger partial charge in [0.1, 0.15) is 17.8 Å². The smallest absolute Gasteiger partial charge is 0.289 e. The van der Waals surface area contributed by atoms with Crippen molar-refractivity contribution in [3.63, 3.8) is 0 Å². The molecule has 4 rings (SSSR count). The molecule has 0 unspecified atom stereocenters. The van der Waals surface area contributed by atoms with E-state index < -0.39 is 41.1 Å². The average molecular weight is 543 g/mol. The third kappa shape index (κ3) is 7.77. The van der Waals surface area contributed by atoms with Crippen LogP contribution in [-0.4, -0.2) is 48.2 Å². The van der Waals surface area contributed by atoms with Gasteiger partial charge in [0, 0.05) is 19.4 Å². The van der Waals surface area contributed by atoms with E-state index in [1.807, 2.05) is 60.7 Å². The van der Waals surface area contributed by atoms with Crippen molar-refractivity contribution in [1.29, 1.82) is 0 Å². The highest BCUT2D eigenvalue weighted by molar-refractivity contribution is 6.38. The molecule has 9 nitrogen and oxygen atoms in total. The Hall–Kier alpha value is -4.50. The zero-order valence-electron chi connectivity index (χ0n) is 22.4. The van der Waals surface area contributed by atoms with E-state index in [9.17, 15) is 19.2 Å². The Bertz CT molecular complexity index is 1320. The predicted molar refractivity (Wildman–Crippen MR) is 150 cm³/mol. The number of carbonyl (C=O) groups excluding carboxylic acids is 4. The van der Waals surface area contributed by atoms with Gasteiger partial charge in [0.15, 0.2) is 0 Å². The normalized spacial score (nSPS) is 14.8. The van der Waals surface area contributed by atoms with Crippen molar-refractivity contribution in [2.24, 2.45) is 5.73 Å². The Morgan fingerprint density at radius 2 is 1.32 bits per heavy atom. The van der Waals surface area contributed by atoms with Gasteiger partial charge in [0.05, 0.1) is 12.6 Å². The molecule has 5 N–H and O–H groups in total. The summed E-state index contributed by atoms with van der Waals surface area (Å²) in [5, 5.41) is 8.14. The van der Waals surface area contributed by atoms with Crippen molar-refractivity contribution in [2.45, 2.75) is 49.9 Å². The molecule has 208 valence electrons. The minimum atomic E-state index is -1.14. The molecule has 1 aliphatic rings. The second-order valence-electron chi connectivity index (χ2n) is 10.0. The SMILES string of the molecule is COc1ccc(C[C@H](NC(=O)C2(N)CC2)C(=O)N[C@@H](Cc2ccccc2)C(=O)C(=O)NCc2ccccc2)cc1. The lowest BCUT2D eigenvalue weighted by atomic mass is 9.99. The van der Waals surface area contributed by atoms with Crippen LogP contribution in [0.2, 0.25) is 0 Å². The Morgan fingerprint density at radius 3 is 1.90 bits per heavy atom. The van der Waals surface area contributed by atoms with Gasteiger partial charge in [-0.1, -0.05) is 72.8 Å². The summed E-state index contributed by atoms with van der Waals surface area (Å²) in [6.45, 7) is 0.173. The van der Waals surface area contributed by atoms with Crippen molar-refractivity contribution in [1.82, 2.24) is 16.0 Å². The minimum absolute atomic E-state index is 0.105. The molecule has 0 heterocycles. The fraction of sp³-hybridized carbons (Fsp3) is 0.290. The number of amides is 3. The van der Waals surface area contributed by atoms with E-state index in [-0.39, 0.29) is 19.4 Å². The first kappa shape index (κ1) is 28.5. The first-order valence-corrected chi connectivity index (χ1v) is 13.2. The number of methoxy groups -OCH3 is 1. The van der Waals surface area contributed by atoms with E-state index in [1.165, 1.54) is 0 Å². The molecule has 0 aromatic heterocycles. The van der Waals surface area contributed by atoms with Gasteiger partial charge in [0.2, 0.25) is 17.6 Å². The third-order valence-corrected chi connectivity index (χ3v) is 6.90. The van der Waals surface area contributed by atoms with Crippen LogP contribution in [0.5, 0.6) is 5.75 Å². The predicted octanol–water partition coefficient (Wildman–Crippen LogP) is 1.83. The molecule has 1 fully saturated rings. The number of nitrogens with two attached hydrogens (primary N) is 1. The van der Waals surface area contributed by atoms with Crippen molar-refractivity contribution < 1.29 is 23.9 Å². The summed E-state index contributed by atoms with van der Waals surface area (Å²) < 4.78 is 5.20. The van der Waals surface area contributed by atoms with Crippen LogP contribution in [0.15, 0.2) is 84.9 Å². The van der Waals surface area contributed by atoms with Gasteiger partial charge in [0.25, 0.3) is 5.91 Å². The summed E-state index contributed by atoms with van der Waals surface area (Å²) in [5.74, 6) is -1.94. The molecule has 0 spiro atoms. The molecule has 40 heavy (non-hydrogen) atoms. The van der Waals surface area contributed by atoms with Gasteiger partial charge in [-0.05, 0) is 41.7 Å². The summed E-state index contributed by atoms with van der Waals surface area (Å²) in [4.78, 5) is 52.5. The van der Waals surface area contributed by atoms with E-state index in [1.54, 1.807) is 31.4 Å². The largest absolute Gasteiger partial charge is 0.497 e. The van der Waals surface area contributed by atoms with Gasteiger partial charge in [-0.15, -0.1) is 0 Å². The fourth-order valence-corrected chi connectivity index (χ4v) is 4.23. The number of ketones is 1. The number of benzene rings is 3. The highest BCUT2D eigenvalue weighted by Gasteiger charge is 2.47. The molecule has 0 radical (unpaired) electrons. The molecule has 9 heteroatoms. The Morgan fingerprint density at radius 1 is 0.775 bits per heavy atom. The molecule has 3 aromatic carbocycles. The number of rotatable bonds is 13. The van der Waals surface area contributed by atoms with Crippen molar-refractivity contribution in [2.75, 3.05) is 7.11 Å². The van der Waals surface area contributed by atoms with Crippen molar-refractivity contribution >= 4 is 23.5 Å². The summed E-state index contributed by atoms with van der Waals surface area (Å²) in [6.07, 6.45) is 1.33. The van der Waals surface area contributed by atoms with Crippen LogP contribution in [0.1, 0.15) is 29.5 Å². The summed E-state index contributed by atoms with van der Waals surface area (Å²) in [7, 11) is 1.56. The standard InChI is InChI=1S/C31H34N4O5/c1-40-24-14-12-22(13-15-24)19-26(35-30(39)31(32)16-17-31)28(37)34-25(18-21-8-4-2-5-9-21)27(36)29(38)33-20-23-10-6-3-7-11-23/h2-15,25-26H,16-20,32H2,1H3,(H,33,38)(H,34,37)(H,35,39)/t25-,26-/m0/s1. The van der Waals surface area contributed by atoms with Gasteiger partial charge in [-0.3, -0.25) is 19.2 Å². The molecular weight excluding hydrogens is 508 g/mol. The molecule has 1 saturated carbocycles. The van der Waals surface area contributed by atoms with Gasteiger partial charge < -0.3 is 26.4 Å². The number of hydrogen-bond donors (Lipinski definition) is 4. The molecule has 0 saturated heterocycles. The topological polar surface area (TPSA) is 140 Å². The number of nitrogens with one attached hydrogen (secondary N) is 3. The summed E-state index contributed by atoms with van der Waals surface area (Å²) >= 11 is 0. The van der Waals surface area contributed by atoms with Crippen LogP contribution >= 0.6 is 0 Å². The highest BCUT2D eigenvalue weighted by Crippen LogP contribution is 2.32. The number of Topliss-reactive ketones (excluding diaryl/α,β-unsaturated/α-hetero) is 1. The molecular formula is C31H34N4O5. The highest BCUT2D eigenvalue weighted by atomic mass is 16.5. The van der Waals surface area contributed by atoms with Gasteiger partial charge >= 0.3 is 0 Å². The fourth-order valence-electron chi connectivity index (χ4n) is 4.23. The van der Waals surface area contributed by atoms with Crippen molar-refractivity contribution in [3.05, 3.63) is 102 Å². The number of ether oxygens (including phenoxy) is 1. The summed E-state index contributed by atoms with van der Waals surface area (Å²) in [5.41, 5.74) is 7.47. The first-order valence-electron chi connectivity index (χ1n) is 13.2. The zero-order valence-corrected chi connectivity index (χ0v) is 22.4. The molecule has 0 bridgehead atoms. The van der Waals surface area contributed by atoms with Gasteiger partial charge in [-0.25, -0.2) is 0 Å². The van der Waals surface area contributed by atoms with Gasteiger partial charge in [-0.2, -0.15) is 0 Å². The third-order valence-electron chi connectivity index (χ3n) is 6.90. The lowest BCUT2D eigenvalue weighted by Crippen LogP contribution is -2.57. The monoisotopic (exact) mass is 542 g/mol. The zero-order chi connectivity index (χ0) is 28.5. The maximum absolute atomic E-state index is 13.6. The second kappa shape index (κ2) is 13.0. The Labute approximate surface area is 233 Å². The Kier molecular flexibility index (Phi) is 9.29. The average Bonchev–Trinajstić information content (AvgIpc) is 3.74. The lowest BCUT2D eigenvalue weighted by Gasteiger charge is -2.24. The van der Waals surface area contributed by atoms with Crippen LogP contribution in [0.4, 0.5) is 0 Å². The van der Waals surface area contributed by atoms with E-state index in [0.29, 0.717) is 18.6 Å². The minimum Gasteiger partial charge on any atom is -0.497 e. The number of carbonyl (C=O) groups is 4. The molecule has 0 aliphatic heterocycles. The van der Waals surface area contributed by atoms with Crippen LogP contribution < -0.4 is 26.4 Å². The van der Waals surface area contributed by atoms with Crippen LogP contribution in [0.25, 0.3) is 0 Å². The molecule has 3 amide bonds. The second-order valence-corrected chi connectivity index (χ2v) is 10.0. The van der Waals surface area contributed by atoms with E-state index in [0.717, 1.165) is 16.7 Å². The maximum Gasteiger partial charge on any atom is 0.289 e. The van der Waals surface area contributed by atoms with E-state index >= 15 is 0 Å². The van der Waals surface area contributed by atoms with Crippen molar-refractivity contribution in [3.8, 4) is 5.75 Å². The Balaban J connectivity index is 1.51.